The van der Waals surface area contributed by atoms with Gasteiger partial charge in [0.25, 0.3) is 0 Å². The molecule has 9 heteroatoms. The highest BCUT2D eigenvalue weighted by Crippen LogP contribution is 2.20. The molecular formula is C32H34B2Cl2N2O3. The van der Waals surface area contributed by atoms with Crippen molar-refractivity contribution < 1.29 is 14.0 Å². The van der Waals surface area contributed by atoms with E-state index in [4.69, 9.17) is 37.2 Å². The molecule has 41 heavy (non-hydrogen) atoms. The molecule has 0 unspecified atom stereocenters. The molecule has 0 aliphatic carbocycles. The van der Waals surface area contributed by atoms with Gasteiger partial charge in [0.2, 0.25) is 0 Å². The second-order valence-electron chi connectivity index (χ2n) is 9.70. The molecule has 4 aromatic carbocycles. The van der Waals surface area contributed by atoms with Crippen LogP contribution in [-0.2, 0) is 27.3 Å². The van der Waals surface area contributed by atoms with E-state index in [2.05, 4.69) is 28.8 Å². The van der Waals surface area contributed by atoms with E-state index in [0.717, 1.165) is 54.6 Å². The number of ether oxygens (including phenoxy) is 1. The van der Waals surface area contributed by atoms with Crippen molar-refractivity contribution in [2.24, 2.45) is 0 Å². The molecule has 0 aliphatic heterocycles. The van der Waals surface area contributed by atoms with Crippen LogP contribution < -0.4 is 21.6 Å². The summed E-state index contributed by atoms with van der Waals surface area (Å²) in [5.41, 5.74) is 8.31. The number of halogens is 2. The SMILES string of the molecule is Cc1cc(NCCO[B]c2cccc(COCc3ccccc3[B]OCCNc3ccc(Cl)c(C)c3)c2)ccc1Cl. The van der Waals surface area contributed by atoms with E-state index in [1.54, 1.807) is 15.0 Å². The highest BCUT2D eigenvalue weighted by Gasteiger charge is 2.07. The van der Waals surface area contributed by atoms with Crippen molar-refractivity contribution >= 4 is 60.5 Å². The van der Waals surface area contributed by atoms with Gasteiger partial charge in [0.1, 0.15) is 0 Å². The third-order valence-electron chi connectivity index (χ3n) is 6.38. The molecule has 5 nitrogen and oxygen atoms in total. The minimum absolute atomic E-state index is 0.485. The maximum absolute atomic E-state index is 6.10. The number of benzene rings is 4. The van der Waals surface area contributed by atoms with Gasteiger partial charge >= 0.3 is 15.0 Å². The Morgan fingerprint density at radius 1 is 0.659 bits per heavy atom. The van der Waals surface area contributed by atoms with Gasteiger partial charge in [-0.05, 0) is 78.0 Å². The minimum Gasteiger partial charge on any atom is -0.432 e. The number of aryl methyl sites for hydroxylation is 2. The third kappa shape index (κ3) is 10.4. The van der Waals surface area contributed by atoms with Gasteiger partial charge in [-0.2, -0.15) is 0 Å². The summed E-state index contributed by atoms with van der Waals surface area (Å²) in [7, 11) is 3.58. The van der Waals surface area contributed by atoms with Crippen molar-refractivity contribution in [2.45, 2.75) is 27.1 Å². The number of hydrogen-bond acceptors (Lipinski definition) is 5. The molecule has 4 rings (SSSR count). The van der Waals surface area contributed by atoms with Gasteiger partial charge < -0.3 is 24.7 Å². The van der Waals surface area contributed by atoms with E-state index in [1.165, 1.54) is 0 Å². The lowest BCUT2D eigenvalue weighted by molar-refractivity contribution is 0.107. The highest BCUT2D eigenvalue weighted by atomic mass is 35.5. The standard InChI is InChI=1S/C32H34B2Cl2N2O3/c1-23-18-28(10-12-31(23)35)37-14-16-40-33-27-8-5-6-25(20-27)21-39-22-26-7-3-4-9-30(26)34-41-17-15-38-29-11-13-32(36)24(2)19-29/h3-13,18-20,37-38H,14-17,21-22H2,1-2H3. The van der Waals surface area contributed by atoms with E-state index in [1.807, 2.05) is 80.6 Å². The average Bonchev–Trinajstić information content (AvgIpc) is 2.97. The molecule has 0 atom stereocenters. The molecule has 4 aromatic rings. The van der Waals surface area contributed by atoms with E-state index in [-0.39, 0.29) is 0 Å². The van der Waals surface area contributed by atoms with Crippen LogP contribution >= 0.6 is 23.2 Å². The average molecular weight is 587 g/mol. The molecule has 0 amide bonds. The Balaban J connectivity index is 1.14. The Kier molecular flexibility index (Phi) is 12.5. The molecule has 2 N–H and O–H groups in total. The number of hydrogen-bond donors (Lipinski definition) is 2. The quantitative estimate of drug-likeness (QED) is 0.123. The molecule has 0 aromatic heterocycles. The van der Waals surface area contributed by atoms with Crippen LogP contribution in [0.3, 0.4) is 0 Å². The predicted molar refractivity (Wildman–Crippen MR) is 173 cm³/mol. The molecule has 0 heterocycles. The van der Waals surface area contributed by atoms with Crippen molar-refractivity contribution in [1.29, 1.82) is 0 Å². The third-order valence-corrected chi connectivity index (χ3v) is 7.22. The minimum atomic E-state index is 0.485. The number of anilines is 2. The van der Waals surface area contributed by atoms with Crippen LogP contribution in [0.25, 0.3) is 0 Å². The maximum atomic E-state index is 6.10. The van der Waals surface area contributed by atoms with E-state index >= 15 is 0 Å². The fourth-order valence-electron chi connectivity index (χ4n) is 4.14. The monoisotopic (exact) mass is 586 g/mol. The Bertz CT molecular complexity index is 1410. The van der Waals surface area contributed by atoms with Crippen LogP contribution in [-0.4, -0.2) is 41.3 Å². The first-order chi connectivity index (χ1) is 20.0. The first-order valence-electron chi connectivity index (χ1n) is 13.6. The van der Waals surface area contributed by atoms with Gasteiger partial charge in [-0.15, -0.1) is 0 Å². The normalized spacial score (nSPS) is 10.8. The first kappa shape index (κ1) is 31.0. The Morgan fingerprint density at radius 3 is 1.95 bits per heavy atom. The summed E-state index contributed by atoms with van der Waals surface area (Å²) in [6.45, 7) is 7.44. The summed E-state index contributed by atoms with van der Waals surface area (Å²) >= 11 is 12.2. The summed E-state index contributed by atoms with van der Waals surface area (Å²) in [6.07, 6.45) is 0. The van der Waals surface area contributed by atoms with Gasteiger partial charge in [-0.3, -0.25) is 0 Å². The largest absolute Gasteiger partial charge is 0.432 e. The number of nitrogens with one attached hydrogen (secondary N) is 2. The Morgan fingerprint density at radius 2 is 1.29 bits per heavy atom. The van der Waals surface area contributed by atoms with E-state index < -0.39 is 0 Å². The molecule has 0 saturated carbocycles. The smallest absolute Gasteiger partial charge is 0.330 e. The van der Waals surface area contributed by atoms with Gasteiger partial charge in [-0.25, -0.2) is 0 Å². The molecule has 0 aliphatic rings. The van der Waals surface area contributed by atoms with Crippen LogP contribution in [0.4, 0.5) is 11.4 Å². The van der Waals surface area contributed by atoms with Gasteiger partial charge in [0.05, 0.1) is 13.2 Å². The maximum Gasteiger partial charge on any atom is 0.330 e. The van der Waals surface area contributed by atoms with Crippen molar-refractivity contribution in [2.75, 3.05) is 36.9 Å². The summed E-state index contributed by atoms with van der Waals surface area (Å²) < 4.78 is 17.6. The lowest BCUT2D eigenvalue weighted by Gasteiger charge is -2.12. The second-order valence-corrected chi connectivity index (χ2v) is 10.5. The fraction of sp³-hybridized carbons (Fsp3) is 0.250. The van der Waals surface area contributed by atoms with E-state index in [0.29, 0.717) is 39.5 Å². The molecule has 0 fully saturated rings. The number of rotatable bonds is 16. The zero-order valence-corrected chi connectivity index (χ0v) is 25.0. The van der Waals surface area contributed by atoms with Crippen LogP contribution in [0, 0.1) is 13.8 Å². The second kappa shape index (κ2) is 16.5. The topological polar surface area (TPSA) is 51.8 Å². The Labute approximate surface area is 255 Å². The van der Waals surface area contributed by atoms with Crippen LogP contribution in [0.15, 0.2) is 84.9 Å². The summed E-state index contributed by atoms with van der Waals surface area (Å²) in [4.78, 5) is 0. The predicted octanol–water partition coefficient (Wildman–Crippen LogP) is 6.07. The summed E-state index contributed by atoms with van der Waals surface area (Å²) in [6, 6.07) is 28.0. The van der Waals surface area contributed by atoms with E-state index in [9.17, 15) is 0 Å². The zero-order chi connectivity index (χ0) is 28.9. The molecule has 2 radical (unpaired) electrons. The van der Waals surface area contributed by atoms with Crippen molar-refractivity contribution in [1.82, 2.24) is 0 Å². The van der Waals surface area contributed by atoms with Crippen molar-refractivity contribution in [3.05, 3.63) is 117 Å². The van der Waals surface area contributed by atoms with Crippen molar-refractivity contribution in [3.63, 3.8) is 0 Å². The van der Waals surface area contributed by atoms with Gasteiger partial charge in [0, 0.05) is 47.7 Å². The van der Waals surface area contributed by atoms with Crippen LogP contribution in [0.2, 0.25) is 10.0 Å². The van der Waals surface area contributed by atoms with Gasteiger partial charge in [0.15, 0.2) is 0 Å². The lowest BCUT2D eigenvalue weighted by Crippen LogP contribution is -2.24. The highest BCUT2D eigenvalue weighted by molar-refractivity contribution is 6.47. The lowest BCUT2D eigenvalue weighted by atomic mass is 9.84. The molecule has 0 spiro atoms. The molecule has 0 saturated heterocycles. The summed E-state index contributed by atoms with van der Waals surface area (Å²) in [5.74, 6) is 0. The molecule has 210 valence electrons. The van der Waals surface area contributed by atoms with Crippen LogP contribution in [0.1, 0.15) is 22.3 Å². The zero-order valence-electron chi connectivity index (χ0n) is 23.5. The molecule has 0 bridgehead atoms. The molecular weight excluding hydrogens is 553 g/mol. The van der Waals surface area contributed by atoms with Crippen LogP contribution in [0.5, 0.6) is 0 Å². The summed E-state index contributed by atoms with van der Waals surface area (Å²) in [5, 5.41) is 8.23. The van der Waals surface area contributed by atoms with Crippen molar-refractivity contribution in [3.8, 4) is 0 Å². The Hall–Kier alpha value is -2.93. The van der Waals surface area contributed by atoms with Gasteiger partial charge in [-0.1, -0.05) is 77.2 Å². The first-order valence-corrected chi connectivity index (χ1v) is 14.4. The fourth-order valence-corrected chi connectivity index (χ4v) is 4.37.